The van der Waals surface area contributed by atoms with Gasteiger partial charge in [-0.1, -0.05) is 48.5 Å². The van der Waals surface area contributed by atoms with Crippen LogP contribution < -0.4 is 10.5 Å². The number of anilines is 1. The fourth-order valence-electron chi connectivity index (χ4n) is 3.84. The van der Waals surface area contributed by atoms with Gasteiger partial charge in [-0.05, 0) is 24.6 Å². The molecule has 0 bridgehead atoms. The van der Waals surface area contributed by atoms with Crippen LogP contribution in [-0.2, 0) is 10.3 Å². The monoisotopic (exact) mass is 329 g/mol. The number of ether oxygens (including phenoxy) is 2. The van der Waals surface area contributed by atoms with E-state index in [0.717, 1.165) is 22.3 Å². The van der Waals surface area contributed by atoms with Crippen LogP contribution in [0, 0.1) is 6.92 Å². The van der Waals surface area contributed by atoms with E-state index < -0.39 is 11.6 Å². The molecule has 2 N–H and O–H groups in total. The Kier molecular flexibility index (Phi) is 2.61. The zero-order valence-corrected chi connectivity index (χ0v) is 13.6. The molecule has 4 nitrogen and oxygen atoms in total. The average molecular weight is 329 g/mol. The summed E-state index contributed by atoms with van der Waals surface area (Å²) in [4.78, 5) is 12.8. The van der Waals surface area contributed by atoms with Crippen molar-refractivity contribution in [2.24, 2.45) is 0 Å². The second kappa shape index (κ2) is 4.63. The molecule has 0 radical (unpaired) electrons. The molecular weight excluding hydrogens is 314 g/mol. The van der Waals surface area contributed by atoms with Gasteiger partial charge in [0.25, 0.3) is 0 Å². The minimum atomic E-state index is -1.03. The Hall–Kier alpha value is -3.27. The number of fused-ring (bicyclic) bond motifs is 6. The number of benzene rings is 3. The zero-order valence-electron chi connectivity index (χ0n) is 13.6. The Morgan fingerprint density at radius 1 is 0.840 bits per heavy atom. The highest BCUT2D eigenvalue weighted by Gasteiger charge is 2.54. The molecule has 0 amide bonds. The summed E-state index contributed by atoms with van der Waals surface area (Å²) in [5.41, 5.74) is 9.37. The van der Waals surface area contributed by atoms with E-state index >= 15 is 0 Å². The molecular formula is C21H15NO3. The largest absolute Gasteiger partial charge is 0.456 e. The molecule has 0 unspecified atom stereocenters. The van der Waals surface area contributed by atoms with Crippen molar-refractivity contribution >= 4 is 11.7 Å². The van der Waals surface area contributed by atoms with Crippen LogP contribution in [0.4, 0.5) is 5.69 Å². The van der Waals surface area contributed by atoms with Crippen LogP contribution in [0.5, 0.6) is 11.5 Å². The zero-order chi connectivity index (χ0) is 17.2. The third-order valence-corrected chi connectivity index (χ3v) is 5.05. The van der Waals surface area contributed by atoms with Gasteiger partial charge in [-0.25, -0.2) is 4.79 Å². The molecule has 2 aliphatic heterocycles. The highest BCUT2D eigenvalue weighted by Crippen LogP contribution is 2.56. The van der Waals surface area contributed by atoms with Crippen LogP contribution in [-0.4, -0.2) is 5.97 Å². The minimum Gasteiger partial charge on any atom is -0.456 e. The van der Waals surface area contributed by atoms with Gasteiger partial charge in [0.2, 0.25) is 0 Å². The van der Waals surface area contributed by atoms with Gasteiger partial charge < -0.3 is 15.2 Å². The summed E-state index contributed by atoms with van der Waals surface area (Å²) >= 11 is 0. The molecule has 0 atom stereocenters. The summed E-state index contributed by atoms with van der Waals surface area (Å²) in [6.45, 7) is 1.89. The maximum atomic E-state index is 12.8. The standard InChI is InChI=1S/C21H15NO3/c1-12-10-11-15-18(19(12)22)20(23)25-21(15)13-6-2-4-8-16(13)24-17-9-5-3-7-14(17)21/h2-11H,22H2,1H3. The Morgan fingerprint density at radius 2 is 1.44 bits per heavy atom. The quantitative estimate of drug-likeness (QED) is 0.497. The van der Waals surface area contributed by atoms with Gasteiger partial charge in [-0.2, -0.15) is 0 Å². The lowest BCUT2D eigenvalue weighted by atomic mass is 9.77. The normalized spacial score (nSPS) is 15.8. The third-order valence-electron chi connectivity index (χ3n) is 5.05. The van der Waals surface area contributed by atoms with E-state index in [0.29, 0.717) is 22.7 Å². The third kappa shape index (κ3) is 1.63. The topological polar surface area (TPSA) is 61.6 Å². The van der Waals surface area contributed by atoms with E-state index in [9.17, 15) is 4.79 Å². The first-order valence-electron chi connectivity index (χ1n) is 8.12. The van der Waals surface area contributed by atoms with Gasteiger partial charge in [-0.15, -0.1) is 0 Å². The Labute approximate surface area is 144 Å². The van der Waals surface area contributed by atoms with E-state index in [1.54, 1.807) is 0 Å². The summed E-state index contributed by atoms with van der Waals surface area (Å²) < 4.78 is 12.1. The SMILES string of the molecule is Cc1ccc2c(c1N)C(=O)OC21c2ccccc2Oc2ccccc21. The van der Waals surface area contributed by atoms with Crippen molar-refractivity contribution in [1.29, 1.82) is 0 Å². The fourth-order valence-corrected chi connectivity index (χ4v) is 3.84. The van der Waals surface area contributed by atoms with Gasteiger partial charge in [0.15, 0.2) is 5.60 Å². The number of hydrogen-bond donors (Lipinski definition) is 1. The second-order valence-corrected chi connectivity index (χ2v) is 6.38. The molecule has 4 heteroatoms. The number of rotatable bonds is 0. The van der Waals surface area contributed by atoms with Crippen molar-refractivity contribution in [3.8, 4) is 11.5 Å². The molecule has 0 aliphatic carbocycles. The predicted molar refractivity (Wildman–Crippen MR) is 93.8 cm³/mol. The van der Waals surface area contributed by atoms with Gasteiger partial charge in [-0.3, -0.25) is 0 Å². The maximum Gasteiger partial charge on any atom is 0.342 e. The van der Waals surface area contributed by atoms with Crippen LogP contribution in [0.15, 0.2) is 60.7 Å². The average Bonchev–Trinajstić information content (AvgIpc) is 2.92. The molecule has 0 saturated carbocycles. The summed E-state index contributed by atoms with van der Waals surface area (Å²) in [7, 11) is 0. The summed E-state index contributed by atoms with van der Waals surface area (Å²) in [6, 6.07) is 19.1. The van der Waals surface area contributed by atoms with Crippen LogP contribution >= 0.6 is 0 Å². The lowest BCUT2D eigenvalue weighted by Crippen LogP contribution is -2.32. The molecule has 0 saturated heterocycles. The molecule has 2 heterocycles. The van der Waals surface area contributed by atoms with Gasteiger partial charge in [0.05, 0.1) is 5.56 Å². The number of para-hydroxylation sites is 2. The van der Waals surface area contributed by atoms with Crippen molar-refractivity contribution in [3.05, 3.63) is 88.5 Å². The van der Waals surface area contributed by atoms with Crippen LogP contribution in [0.2, 0.25) is 0 Å². The molecule has 1 spiro atoms. The summed E-state index contributed by atoms with van der Waals surface area (Å²) in [5.74, 6) is 0.963. The van der Waals surface area contributed by atoms with Crippen LogP contribution in [0.25, 0.3) is 0 Å². The van der Waals surface area contributed by atoms with Gasteiger partial charge in [0.1, 0.15) is 11.5 Å². The highest BCUT2D eigenvalue weighted by molar-refractivity contribution is 6.02. The first kappa shape index (κ1) is 14.1. The predicted octanol–water partition coefficient (Wildman–Crippen LogP) is 4.15. The lowest BCUT2D eigenvalue weighted by molar-refractivity contribution is 0.0225. The number of esters is 1. The van der Waals surface area contributed by atoms with Crippen LogP contribution in [0.3, 0.4) is 0 Å². The van der Waals surface area contributed by atoms with Crippen molar-refractivity contribution in [2.75, 3.05) is 5.73 Å². The Morgan fingerprint density at radius 3 is 2.08 bits per heavy atom. The first-order chi connectivity index (χ1) is 12.1. The van der Waals surface area contributed by atoms with Gasteiger partial charge >= 0.3 is 5.97 Å². The molecule has 0 fully saturated rings. The molecule has 25 heavy (non-hydrogen) atoms. The number of hydrogen-bond acceptors (Lipinski definition) is 4. The molecule has 5 rings (SSSR count). The number of nitrogen functional groups attached to an aromatic ring is 1. The molecule has 122 valence electrons. The van der Waals surface area contributed by atoms with E-state index in [-0.39, 0.29) is 0 Å². The van der Waals surface area contributed by atoms with Crippen molar-refractivity contribution < 1.29 is 14.3 Å². The van der Waals surface area contributed by atoms with Gasteiger partial charge in [0, 0.05) is 22.4 Å². The molecule has 0 aromatic heterocycles. The first-order valence-corrected chi connectivity index (χ1v) is 8.12. The van der Waals surface area contributed by atoms with E-state index in [2.05, 4.69) is 0 Å². The van der Waals surface area contributed by atoms with E-state index in [1.807, 2.05) is 67.6 Å². The van der Waals surface area contributed by atoms with E-state index in [1.165, 1.54) is 0 Å². The van der Waals surface area contributed by atoms with E-state index in [4.69, 9.17) is 15.2 Å². The number of nitrogens with two attached hydrogens (primary N) is 1. The van der Waals surface area contributed by atoms with Crippen molar-refractivity contribution in [2.45, 2.75) is 12.5 Å². The number of carbonyl (C=O) groups is 1. The smallest absolute Gasteiger partial charge is 0.342 e. The molecule has 2 aliphatic rings. The fraction of sp³-hybridized carbons (Fsp3) is 0.0952. The number of carbonyl (C=O) groups excluding carboxylic acids is 1. The summed E-state index contributed by atoms with van der Waals surface area (Å²) in [6.07, 6.45) is 0. The van der Waals surface area contributed by atoms with Crippen LogP contribution in [0.1, 0.15) is 32.6 Å². The number of aryl methyl sites for hydroxylation is 1. The molecule has 3 aromatic carbocycles. The second-order valence-electron chi connectivity index (χ2n) is 6.38. The lowest BCUT2D eigenvalue weighted by Gasteiger charge is -2.36. The van der Waals surface area contributed by atoms with Crippen molar-refractivity contribution in [3.63, 3.8) is 0 Å². The van der Waals surface area contributed by atoms with Crippen molar-refractivity contribution in [1.82, 2.24) is 0 Å². The summed E-state index contributed by atoms with van der Waals surface area (Å²) in [5, 5.41) is 0. The molecule has 3 aromatic rings. The Bertz CT molecular complexity index is 1010. The maximum absolute atomic E-state index is 12.8. The highest BCUT2D eigenvalue weighted by atomic mass is 16.6. The Balaban J connectivity index is 1.93. The minimum absolute atomic E-state index is 0.400.